The summed E-state index contributed by atoms with van der Waals surface area (Å²) in [4.78, 5) is 28.5. The number of halogens is 2. The summed E-state index contributed by atoms with van der Waals surface area (Å²) in [6.45, 7) is -0.138. The Kier molecular flexibility index (Phi) is 3.73. The lowest BCUT2D eigenvalue weighted by atomic mass is 10.1. The third-order valence-electron chi connectivity index (χ3n) is 3.27. The normalized spacial score (nSPS) is 10.8. The van der Waals surface area contributed by atoms with E-state index >= 15 is 0 Å². The van der Waals surface area contributed by atoms with E-state index in [4.69, 9.17) is 11.6 Å². The molecule has 0 fully saturated rings. The van der Waals surface area contributed by atoms with Crippen molar-refractivity contribution in [2.45, 2.75) is 6.54 Å². The van der Waals surface area contributed by atoms with Crippen molar-refractivity contribution in [1.82, 2.24) is 9.55 Å². The van der Waals surface area contributed by atoms with Gasteiger partial charge in [0.1, 0.15) is 5.82 Å². The number of nitrogens with zero attached hydrogens (tertiary/aromatic N) is 2. The van der Waals surface area contributed by atoms with Crippen LogP contribution in [0, 0.1) is 5.82 Å². The smallest absolute Gasteiger partial charge is 0.261 e. The van der Waals surface area contributed by atoms with Crippen LogP contribution in [0.15, 0.2) is 53.6 Å². The van der Waals surface area contributed by atoms with Crippen LogP contribution in [-0.2, 0) is 6.54 Å². The molecule has 22 heavy (non-hydrogen) atoms. The molecule has 0 aliphatic carbocycles. The van der Waals surface area contributed by atoms with Crippen molar-refractivity contribution in [3.63, 3.8) is 0 Å². The van der Waals surface area contributed by atoms with Gasteiger partial charge >= 0.3 is 0 Å². The van der Waals surface area contributed by atoms with E-state index in [1.165, 1.54) is 29.1 Å². The molecular formula is C16H10ClFN2O2. The number of aromatic nitrogens is 2. The summed E-state index contributed by atoms with van der Waals surface area (Å²) < 4.78 is 14.3. The summed E-state index contributed by atoms with van der Waals surface area (Å²) in [7, 11) is 0. The predicted octanol–water partition coefficient (Wildman–Crippen LogP) is 3.07. The first-order valence-corrected chi connectivity index (χ1v) is 6.86. The second-order valence-corrected chi connectivity index (χ2v) is 5.21. The van der Waals surface area contributed by atoms with Gasteiger partial charge in [-0.2, -0.15) is 0 Å². The maximum Gasteiger partial charge on any atom is 0.261 e. The Balaban J connectivity index is 1.95. The molecule has 0 N–H and O–H groups in total. The molecule has 2 aromatic carbocycles. The number of benzene rings is 2. The van der Waals surface area contributed by atoms with Gasteiger partial charge in [0.2, 0.25) is 0 Å². The van der Waals surface area contributed by atoms with Gasteiger partial charge in [-0.1, -0.05) is 11.6 Å². The number of hydrogen-bond donors (Lipinski definition) is 0. The van der Waals surface area contributed by atoms with Crippen LogP contribution in [0.5, 0.6) is 0 Å². The van der Waals surface area contributed by atoms with E-state index in [2.05, 4.69) is 4.98 Å². The molecule has 0 amide bonds. The molecule has 4 nitrogen and oxygen atoms in total. The van der Waals surface area contributed by atoms with Crippen molar-refractivity contribution in [3.05, 3.63) is 75.5 Å². The summed E-state index contributed by atoms with van der Waals surface area (Å²) in [5, 5.41) is 0.802. The Morgan fingerprint density at radius 3 is 2.64 bits per heavy atom. The van der Waals surface area contributed by atoms with E-state index in [1.807, 2.05) is 0 Å². The molecule has 0 aliphatic heterocycles. The van der Waals surface area contributed by atoms with Crippen LogP contribution in [0.2, 0.25) is 5.02 Å². The Bertz CT molecular complexity index is 920. The molecular weight excluding hydrogens is 307 g/mol. The van der Waals surface area contributed by atoms with E-state index in [1.54, 1.807) is 24.3 Å². The van der Waals surface area contributed by atoms with E-state index < -0.39 is 5.82 Å². The molecule has 0 unspecified atom stereocenters. The van der Waals surface area contributed by atoms with Gasteiger partial charge in [-0.25, -0.2) is 9.37 Å². The average molecular weight is 317 g/mol. The highest BCUT2D eigenvalue weighted by Crippen LogP contribution is 2.11. The Morgan fingerprint density at radius 2 is 1.91 bits per heavy atom. The largest absolute Gasteiger partial charge is 0.292 e. The topological polar surface area (TPSA) is 52.0 Å². The summed E-state index contributed by atoms with van der Waals surface area (Å²) in [5.41, 5.74) is 0.336. The minimum absolute atomic E-state index is 0.138. The van der Waals surface area contributed by atoms with Crippen LogP contribution in [-0.4, -0.2) is 15.3 Å². The minimum atomic E-state index is -0.464. The van der Waals surface area contributed by atoms with Crippen LogP contribution in [0.1, 0.15) is 10.4 Å². The number of Topliss-reactive ketones (excluding diaryl/α,β-unsaturated/α-hetero) is 1. The van der Waals surface area contributed by atoms with Crippen molar-refractivity contribution in [2.24, 2.45) is 0 Å². The van der Waals surface area contributed by atoms with Gasteiger partial charge in [-0.05, 0) is 36.4 Å². The van der Waals surface area contributed by atoms with E-state index in [0.29, 0.717) is 10.6 Å². The SMILES string of the molecule is O=C(Cn1cnc2cc(F)ccc2c1=O)c1ccc(Cl)cc1. The molecule has 0 saturated carbocycles. The number of hydrogen-bond acceptors (Lipinski definition) is 3. The number of carbonyl (C=O) groups is 1. The molecule has 0 bridgehead atoms. The summed E-state index contributed by atoms with van der Waals surface area (Å²) >= 11 is 5.77. The third-order valence-corrected chi connectivity index (χ3v) is 3.52. The van der Waals surface area contributed by atoms with Crippen molar-refractivity contribution in [2.75, 3.05) is 0 Å². The van der Waals surface area contributed by atoms with Crippen molar-refractivity contribution < 1.29 is 9.18 Å². The van der Waals surface area contributed by atoms with Crippen molar-refractivity contribution >= 4 is 28.3 Å². The quantitative estimate of drug-likeness (QED) is 0.698. The number of rotatable bonds is 3. The van der Waals surface area contributed by atoms with E-state index in [0.717, 1.165) is 0 Å². The summed E-state index contributed by atoms with van der Waals surface area (Å²) in [5.74, 6) is -0.698. The lowest BCUT2D eigenvalue weighted by Crippen LogP contribution is -2.24. The Morgan fingerprint density at radius 1 is 1.18 bits per heavy atom. The zero-order chi connectivity index (χ0) is 15.7. The molecule has 1 aromatic heterocycles. The zero-order valence-corrected chi connectivity index (χ0v) is 12.0. The van der Waals surface area contributed by atoms with Crippen LogP contribution >= 0.6 is 11.6 Å². The van der Waals surface area contributed by atoms with Crippen LogP contribution in [0.3, 0.4) is 0 Å². The molecule has 0 radical (unpaired) electrons. The molecule has 0 saturated heterocycles. The lowest BCUT2D eigenvalue weighted by Gasteiger charge is -2.06. The molecule has 6 heteroatoms. The molecule has 3 aromatic rings. The van der Waals surface area contributed by atoms with Gasteiger partial charge in [0.05, 0.1) is 23.8 Å². The van der Waals surface area contributed by atoms with Crippen LogP contribution in [0.25, 0.3) is 10.9 Å². The summed E-state index contributed by atoms with van der Waals surface area (Å²) in [6, 6.07) is 10.2. The van der Waals surface area contributed by atoms with Gasteiger partial charge in [-0.15, -0.1) is 0 Å². The van der Waals surface area contributed by atoms with Crippen molar-refractivity contribution in [1.29, 1.82) is 0 Å². The van der Waals surface area contributed by atoms with E-state index in [9.17, 15) is 14.0 Å². The van der Waals surface area contributed by atoms with Gasteiger partial charge in [0, 0.05) is 16.7 Å². The van der Waals surface area contributed by atoms with Crippen molar-refractivity contribution in [3.8, 4) is 0 Å². The minimum Gasteiger partial charge on any atom is -0.292 e. The van der Waals surface area contributed by atoms with E-state index in [-0.39, 0.29) is 28.8 Å². The van der Waals surface area contributed by atoms with Crippen LogP contribution < -0.4 is 5.56 Å². The molecule has 1 heterocycles. The second-order valence-electron chi connectivity index (χ2n) is 4.77. The lowest BCUT2D eigenvalue weighted by molar-refractivity contribution is 0.0970. The number of ketones is 1. The van der Waals surface area contributed by atoms with Gasteiger partial charge in [0.15, 0.2) is 5.78 Å². The Labute approximate surface area is 129 Å². The average Bonchev–Trinajstić information content (AvgIpc) is 2.50. The second kappa shape index (κ2) is 5.69. The number of fused-ring (bicyclic) bond motifs is 1. The first-order valence-electron chi connectivity index (χ1n) is 6.48. The highest BCUT2D eigenvalue weighted by atomic mass is 35.5. The molecule has 0 spiro atoms. The predicted molar refractivity (Wildman–Crippen MR) is 81.7 cm³/mol. The Hall–Kier alpha value is -2.53. The maximum atomic E-state index is 13.1. The highest BCUT2D eigenvalue weighted by Gasteiger charge is 2.10. The first-order chi connectivity index (χ1) is 10.5. The molecule has 0 atom stereocenters. The molecule has 3 rings (SSSR count). The maximum absolute atomic E-state index is 13.1. The zero-order valence-electron chi connectivity index (χ0n) is 11.3. The van der Waals surface area contributed by atoms with Gasteiger partial charge in [0.25, 0.3) is 5.56 Å². The highest BCUT2D eigenvalue weighted by molar-refractivity contribution is 6.30. The number of carbonyl (C=O) groups excluding carboxylic acids is 1. The third kappa shape index (κ3) is 2.76. The molecule has 110 valence electrons. The standard InChI is InChI=1S/C16H10ClFN2O2/c17-11-3-1-10(2-4-11)15(21)8-20-9-19-14-7-12(18)5-6-13(14)16(20)22/h1-7,9H,8H2. The van der Waals surface area contributed by atoms with Gasteiger partial charge < -0.3 is 0 Å². The fourth-order valence-electron chi connectivity index (χ4n) is 2.13. The fourth-order valence-corrected chi connectivity index (χ4v) is 2.25. The molecule has 0 aliphatic rings. The van der Waals surface area contributed by atoms with Crippen LogP contribution in [0.4, 0.5) is 4.39 Å². The monoisotopic (exact) mass is 316 g/mol. The summed E-state index contributed by atoms with van der Waals surface area (Å²) in [6.07, 6.45) is 1.25. The first kappa shape index (κ1) is 14.4. The fraction of sp³-hybridized carbons (Fsp3) is 0.0625. The van der Waals surface area contributed by atoms with Gasteiger partial charge in [-0.3, -0.25) is 14.2 Å².